The Labute approximate surface area is 151 Å². The average Bonchev–Trinajstić information content (AvgIpc) is 3.23. The Bertz CT molecular complexity index is 724. The number of alkyl halides is 1. The van der Waals surface area contributed by atoms with Gasteiger partial charge in [0.05, 0.1) is 6.04 Å². The summed E-state index contributed by atoms with van der Waals surface area (Å²) in [7, 11) is 0. The molecule has 4 rings (SSSR count). The van der Waals surface area contributed by atoms with Gasteiger partial charge >= 0.3 is 0 Å². The number of rotatable bonds is 3. The van der Waals surface area contributed by atoms with E-state index in [9.17, 15) is 14.4 Å². The first-order valence-electron chi connectivity index (χ1n) is 9.01. The van der Waals surface area contributed by atoms with Crippen LogP contribution in [0.3, 0.4) is 0 Å². The molecule has 9 heteroatoms. The van der Waals surface area contributed by atoms with Crippen molar-refractivity contribution in [1.82, 2.24) is 25.5 Å². The number of likely N-dealkylation sites (tertiary alicyclic amines) is 1. The molecule has 0 aliphatic carbocycles. The minimum absolute atomic E-state index is 0.315. The summed E-state index contributed by atoms with van der Waals surface area (Å²) in [6.07, 6.45) is 1.90. The average molecular weight is 359 g/mol. The van der Waals surface area contributed by atoms with E-state index in [-0.39, 0.29) is 6.29 Å². The largest absolute Gasteiger partial charge is 0.354 e. The number of nitriles is 1. The van der Waals surface area contributed by atoms with E-state index in [1.807, 2.05) is 6.92 Å². The van der Waals surface area contributed by atoms with Crippen molar-refractivity contribution in [2.45, 2.75) is 31.8 Å². The number of fused-ring (bicyclic) bond motifs is 1. The van der Waals surface area contributed by atoms with Crippen molar-refractivity contribution in [2.24, 2.45) is 11.8 Å². The lowest BCUT2D eigenvalue weighted by molar-refractivity contribution is -0.133. The third-order valence-electron chi connectivity index (χ3n) is 5.66. The van der Waals surface area contributed by atoms with E-state index in [0.717, 1.165) is 26.2 Å². The van der Waals surface area contributed by atoms with Crippen LogP contribution in [0.4, 0.5) is 10.2 Å². The fourth-order valence-corrected chi connectivity index (χ4v) is 4.30. The fourth-order valence-electron chi connectivity index (χ4n) is 4.30. The fraction of sp³-hybridized carbons (Fsp3) is 0.647. The van der Waals surface area contributed by atoms with Crippen LogP contribution in [0.1, 0.15) is 19.0 Å². The molecule has 0 spiro atoms. The molecule has 5 unspecified atom stereocenters. The summed E-state index contributed by atoms with van der Waals surface area (Å²) in [4.78, 5) is 24.6. The molecule has 8 nitrogen and oxygen atoms in total. The molecule has 138 valence electrons. The Morgan fingerprint density at radius 3 is 2.62 bits per heavy atom. The highest BCUT2D eigenvalue weighted by Crippen LogP contribution is 2.34. The molecular weight excluding hydrogens is 337 g/mol. The maximum absolute atomic E-state index is 13.9. The molecule has 2 N–H and O–H groups in total. The predicted molar refractivity (Wildman–Crippen MR) is 91.6 cm³/mol. The second-order valence-corrected chi connectivity index (χ2v) is 7.21. The molecule has 1 aromatic rings. The smallest absolute Gasteiger partial charge is 0.258 e. The molecule has 0 aromatic carbocycles. The second kappa shape index (κ2) is 6.78. The third kappa shape index (κ3) is 2.89. The summed E-state index contributed by atoms with van der Waals surface area (Å²) < 4.78 is 13.9. The van der Waals surface area contributed by atoms with Crippen molar-refractivity contribution in [3.05, 3.63) is 18.1 Å². The van der Waals surface area contributed by atoms with Gasteiger partial charge in [0.2, 0.25) is 0 Å². The van der Waals surface area contributed by atoms with Gasteiger partial charge in [0.25, 0.3) is 5.91 Å². The van der Waals surface area contributed by atoms with Gasteiger partial charge in [-0.1, -0.05) is 6.92 Å². The van der Waals surface area contributed by atoms with Gasteiger partial charge < -0.3 is 10.2 Å². The van der Waals surface area contributed by atoms with Gasteiger partial charge in [-0.2, -0.15) is 5.26 Å². The van der Waals surface area contributed by atoms with Crippen molar-refractivity contribution in [1.29, 1.82) is 5.26 Å². The molecule has 5 atom stereocenters. The van der Waals surface area contributed by atoms with Crippen LogP contribution in [0, 0.1) is 23.2 Å². The number of nitrogens with one attached hydrogen (secondary N) is 2. The summed E-state index contributed by atoms with van der Waals surface area (Å²) in [5.74, 6) is 0.958. The molecule has 1 aromatic heterocycles. The van der Waals surface area contributed by atoms with Crippen LogP contribution in [-0.4, -0.2) is 65.5 Å². The number of hydrogen-bond acceptors (Lipinski definition) is 7. The lowest BCUT2D eigenvalue weighted by Gasteiger charge is -2.38. The first-order valence-corrected chi connectivity index (χ1v) is 9.01. The van der Waals surface area contributed by atoms with Crippen LogP contribution in [0.5, 0.6) is 0 Å². The molecule has 1 amide bonds. The maximum Gasteiger partial charge on any atom is 0.258 e. The quantitative estimate of drug-likeness (QED) is 0.774. The number of amides is 1. The Hall–Kier alpha value is -2.31. The molecule has 26 heavy (non-hydrogen) atoms. The third-order valence-corrected chi connectivity index (χ3v) is 5.66. The van der Waals surface area contributed by atoms with Crippen molar-refractivity contribution in [3.63, 3.8) is 0 Å². The van der Waals surface area contributed by atoms with E-state index in [4.69, 9.17) is 0 Å². The highest BCUT2D eigenvalue weighted by Gasteiger charge is 2.45. The Balaban J connectivity index is 1.41. The van der Waals surface area contributed by atoms with E-state index < -0.39 is 18.1 Å². The summed E-state index contributed by atoms with van der Waals surface area (Å²) >= 11 is 0. The molecule has 3 saturated heterocycles. The molecule has 4 heterocycles. The maximum atomic E-state index is 13.9. The zero-order valence-electron chi connectivity index (χ0n) is 14.6. The summed E-state index contributed by atoms with van der Waals surface area (Å²) in [6.45, 7) is 5.11. The van der Waals surface area contributed by atoms with Gasteiger partial charge in [0.1, 0.15) is 12.4 Å². The lowest BCUT2D eigenvalue weighted by atomic mass is 10.0. The number of carbonyl (C=O) groups excluding carboxylic acids is 1. The van der Waals surface area contributed by atoms with Crippen molar-refractivity contribution in [3.8, 4) is 6.07 Å². The zero-order chi connectivity index (χ0) is 18.3. The second-order valence-electron chi connectivity index (χ2n) is 7.21. The van der Waals surface area contributed by atoms with E-state index in [0.29, 0.717) is 29.8 Å². The molecule has 0 bridgehead atoms. The van der Waals surface area contributed by atoms with E-state index in [2.05, 4.69) is 36.5 Å². The normalized spacial score (nSPS) is 34.4. The molecule has 3 fully saturated rings. The Morgan fingerprint density at radius 2 is 1.96 bits per heavy atom. The molecule has 3 aliphatic heterocycles. The van der Waals surface area contributed by atoms with Crippen LogP contribution in [0.25, 0.3) is 0 Å². The number of anilines is 1. The van der Waals surface area contributed by atoms with Gasteiger partial charge in [-0.15, -0.1) is 0 Å². The van der Waals surface area contributed by atoms with E-state index >= 15 is 0 Å². The lowest BCUT2D eigenvalue weighted by Crippen LogP contribution is -2.67. The van der Waals surface area contributed by atoms with Crippen molar-refractivity contribution in [2.75, 3.05) is 31.1 Å². The highest BCUT2D eigenvalue weighted by molar-refractivity contribution is 5.82. The molecule has 0 saturated carbocycles. The number of nitrogens with zero attached hydrogens (tertiary/aromatic N) is 5. The van der Waals surface area contributed by atoms with Gasteiger partial charge in [-0.05, 0) is 18.3 Å². The topological polar surface area (TPSA) is 97.2 Å². The number of carbonyl (C=O) groups is 1. The molecular formula is C17H22FN7O. The van der Waals surface area contributed by atoms with E-state index in [1.54, 1.807) is 6.20 Å². The van der Waals surface area contributed by atoms with Crippen molar-refractivity contribution < 1.29 is 9.18 Å². The molecule has 3 aliphatic rings. The number of hydrogen-bond donors (Lipinski definition) is 2. The van der Waals surface area contributed by atoms with Gasteiger partial charge in [0, 0.05) is 38.6 Å². The standard InChI is InChI=1S/C17H22FN7O/c1-2-12-14(18)16(26)23-17(22-12)25-8-10-6-24(7-11(10)9-25)15-13(5-19)20-3-4-21-15/h3-4,10-12,14,17,22H,2,6-9H2,1H3,(H,23,26). The number of aromatic nitrogens is 2. The SMILES string of the molecule is CCC1NC(N2CC3CN(c4nccnc4C#N)CC3C2)NC(=O)C1F. The molecule has 0 radical (unpaired) electrons. The van der Waals surface area contributed by atoms with Crippen LogP contribution >= 0.6 is 0 Å². The summed E-state index contributed by atoms with van der Waals surface area (Å²) in [5, 5.41) is 15.2. The summed E-state index contributed by atoms with van der Waals surface area (Å²) in [5.41, 5.74) is 0.352. The first kappa shape index (κ1) is 17.1. The van der Waals surface area contributed by atoms with Crippen LogP contribution < -0.4 is 15.5 Å². The first-order chi connectivity index (χ1) is 12.6. The van der Waals surface area contributed by atoms with Crippen LogP contribution in [0.15, 0.2) is 12.4 Å². The minimum Gasteiger partial charge on any atom is -0.354 e. The van der Waals surface area contributed by atoms with Gasteiger partial charge in [-0.25, -0.2) is 14.4 Å². The van der Waals surface area contributed by atoms with Crippen LogP contribution in [-0.2, 0) is 4.79 Å². The minimum atomic E-state index is -1.49. The van der Waals surface area contributed by atoms with Gasteiger partial charge in [0.15, 0.2) is 17.7 Å². The monoisotopic (exact) mass is 359 g/mol. The Kier molecular flexibility index (Phi) is 4.46. The highest BCUT2D eigenvalue weighted by atomic mass is 19.1. The van der Waals surface area contributed by atoms with Crippen molar-refractivity contribution >= 4 is 11.7 Å². The predicted octanol–water partition coefficient (Wildman–Crippen LogP) is -0.164. The summed E-state index contributed by atoms with van der Waals surface area (Å²) in [6, 6.07) is 1.66. The number of halogens is 1. The zero-order valence-corrected chi connectivity index (χ0v) is 14.6. The Morgan fingerprint density at radius 1 is 1.27 bits per heavy atom. The van der Waals surface area contributed by atoms with E-state index in [1.165, 1.54) is 6.20 Å². The van der Waals surface area contributed by atoms with Crippen LogP contribution in [0.2, 0.25) is 0 Å². The van der Waals surface area contributed by atoms with Gasteiger partial charge in [-0.3, -0.25) is 15.0 Å².